The summed E-state index contributed by atoms with van der Waals surface area (Å²) < 4.78 is 5.11. The van der Waals surface area contributed by atoms with Crippen molar-refractivity contribution in [3.05, 3.63) is 0 Å². The zero-order valence-electron chi connectivity index (χ0n) is 12.4. The molecule has 0 bridgehead atoms. The number of ether oxygens (including phenoxy) is 1. The summed E-state index contributed by atoms with van der Waals surface area (Å²) in [6, 6.07) is 0. The number of aliphatic hydroxyl groups excluding tert-OH is 6. The Labute approximate surface area is 123 Å². The molecule has 1 saturated heterocycles. The molecule has 0 aromatic rings. The van der Waals surface area contributed by atoms with Gasteiger partial charge in [-0.2, -0.15) is 0 Å². The summed E-state index contributed by atoms with van der Waals surface area (Å²) in [6.07, 6.45) is -8.91. The third kappa shape index (κ3) is 3.54. The van der Waals surface area contributed by atoms with Crippen LogP contribution in [0.3, 0.4) is 0 Å². The Morgan fingerprint density at radius 2 is 1.71 bits per heavy atom. The summed E-state index contributed by atoms with van der Waals surface area (Å²) in [6.45, 7) is 3.83. The van der Waals surface area contributed by atoms with Crippen LogP contribution in [0.15, 0.2) is 0 Å². The van der Waals surface area contributed by atoms with Crippen molar-refractivity contribution in [3.63, 3.8) is 0 Å². The van der Waals surface area contributed by atoms with Gasteiger partial charge in [-0.05, 0) is 20.8 Å². The molecule has 1 heterocycles. The second-order valence-electron chi connectivity index (χ2n) is 6.08. The van der Waals surface area contributed by atoms with Gasteiger partial charge >= 0.3 is 0 Å². The molecule has 7 N–H and O–H groups in total. The molecule has 1 rings (SSSR count). The summed E-state index contributed by atoms with van der Waals surface area (Å²) in [7, 11) is 0. The van der Waals surface area contributed by atoms with E-state index in [1.54, 1.807) is 0 Å². The highest BCUT2D eigenvalue weighted by Crippen LogP contribution is 2.38. The molecule has 0 spiro atoms. The fourth-order valence-electron chi connectivity index (χ4n) is 2.47. The van der Waals surface area contributed by atoms with E-state index in [1.807, 2.05) is 0 Å². The molecule has 21 heavy (non-hydrogen) atoms. The molecule has 1 aliphatic rings. The summed E-state index contributed by atoms with van der Waals surface area (Å²) in [4.78, 5) is 0. The zero-order valence-corrected chi connectivity index (χ0v) is 12.4. The SMILES string of the molecule is C[C@H](O)[C@](C)(O)[C@H](O)C[C@@H](O)[C@]1([C@@H](C)O)C[C@@H](O)[C@@H](O)O1. The molecule has 0 aromatic carbocycles. The van der Waals surface area contributed by atoms with E-state index in [0.717, 1.165) is 0 Å². The van der Waals surface area contributed by atoms with E-state index >= 15 is 0 Å². The van der Waals surface area contributed by atoms with Gasteiger partial charge in [-0.15, -0.1) is 0 Å². The smallest absolute Gasteiger partial charge is 0.181 e. The van der Waals surface area contributed by atoms with Gasteiger partial charge in [0.2, 0.25) is 0 Å². The molecular weight excluding hydrogens is 284 g/mol. The van der Waals surface area contributed by atoms with E-state index in [-0.39, 0.29) is 6.42 Å². The van der Waals surface area contributed by atoms with Crippen LogP contribution in [0.25, 0.3) is 0 Å². The van der Waals surface area contributed by atoms with Crippen molar-refractivity contribution in [1.29, 1.82) is 0 Å². The maximum Gasteiger partial charge on any atom is 0.181 e. The largest absolute Gasteiger partial charge is 0.390 e. The minimum Gasteiger partial charge on any atom is -0.390 e. The Bertz CT molecular complexity index is 333. The van der Waals surface area contributed by atoms with E-state index in [1.165, 1.54) is 20.8 Å². The molecule has 1 fully saturated rings. The molecule has 0 aliphatic carbocycles. The predicted molar refractivity (Wildman–Crippen MR) is 71.1 cm³/mol. The minimum atomic E-state index is -1.86. The first-order chi connectivity index (χ1) is 9.45. The molecule has 1 aliphatic heterocycles. The average molecular weight is 310 g/mol. The second-order valence-corrected chi connectivity index (χ2v) is 6.08. The van der Waals surface area contributed by atoms with Crippen molar-refractivity contribution in [1.82, 2.24) is 0 Å². The highest BCUT2D eigenvalue weighted by molar-refractivity contribution is 5.02. The zero-order chi connectivity index (χ0) is 16.6. The highest BCUT2D eigenvalue weighted by Gasteiger charge is 2.54. The van der Waals surface area contributed by atoms with Gasteiger partial charge in [0.25, 0.3) is 0 Å². The van der Waals surface area contributed by atoms with Crippen molar-refractivity contribution in [2.75, 3.05) is 0 Å². The van der Waals surface area contributed by atoms with Crippen LogP contribution in [0.2, 0.25) is 0 Å². The summed E-state index contributed by atoms with van der Waals surface area (Å²) >= 11 is 0. The molecular formula is C13H26O8. The van der Waals surface area contributed by atoms with Gasteiger partial charge in [0, 0.05) is 12.8 Å². The number of hydrogen-bond donors (Lipinski definition) is 7. The van der Waals surface area contributed by atoms with Crippen LogP contribution in [0.4, 0.5) is 0 Å². The highest BCUT2D eigenvalue weighted by atomic mass is 16.7. The van der Waals surface area contributed by atoms with Gasteiger partial charge in [-0.25, -0.2) is 0 Å². The normalized spacial score (nSPS) is 38.6. The predicted octanol–water partition coefficient (Wildman–Crippen LogP) is -2.55. The Morgan fingerprint density at radius 1 is 1.19 bits per heavy atom. The van der Waals surface area contributed by atoms with E-state index < -0.39 is 54.4 Å². The monoisotopic (exact) mass is 310 g/mol. The molecule has 8 nitrogen and oxygen atoms in total. The van der Waals surface area contributed by atoms with Crippen LogP contribution in [0.1, 0.15) is 33.6 Å². The average Bonchev–Trinajstić information content (AvgIpc) is 2.66. The molecule has 0 saturated carbocycles. The lowest BCUT2D eigenvalue weighted by Gasteiger charge is -2.39. The van der Waals surface area contributed by atoms with Gasteiger partial charge in [0.1, 0.15) is 17.3 Å². The van der Waals surface area contributed by atoms with Crippen molar-refractivity contribution in [2.45, 2.75) is 81.6 Å². The van der Waals surface area contributed by atoms with Crippen LogP contribution in [0.5, 0.6) is 0 Å². The van der Waals surface area contributed by atoms with Crippen molar-refractivity contribution in [2.24, 2.45) is 0 Å². The Kier molecular flexibility index (Phi) is 5.73. The first kappa shape index (κ1) is 18.7. The molecule has 126 valence electrons. The van der Waals surface area contributed by atoms with E-state index in [4.69, 9.17) is 4.74 Å². The summed E-state index contributed by atoms with van der Waals surface area (Å²) in [5, 5.41) is 68.5. The summed E-state index contributed by atoms with van der Waals surface area (Å²) in [5.74, 6) is 0. The van der Waals surface area contributed by atoms with Gasteiger partial charge in [-0.3, -0.25) is 0 Å². The summed E-state index contributed by atoms with van der Waals surface area (Å²) in [5.41, 5.74) is -3.52. The first-order valence-electron chi connectivity index (χ1n) is 6.93. The quantitative estimate of drug-likeness (QED) is 0.283. The van der Waals surface area contributed by atoms with Gasteiger partial charge in [0.15, 0.2) is 6.29 Å². The molecule has 8 atom stereocenters. The molecule has 0 radical (unpaired) electrons. The Hall–Kier alpha value is -0.320. The Morgan fingerprint density at radius 3 is 2.05 bits per heavy atom. The number of hydrogen-bond acceptors (Lipinski definition) is 8. The van der Waals surface area contributed by atoms with Crippen LogP contribution >= 0.6 is 0 Å². The standard InChI is InChI=1S/C13H26O8/c1-6(14)12(3,20)9(17)4-10(18)13(7(2)15)5-8(16)11(19)21-13/h6-11,14-20H,4-5H2,1-3H3/t6-,7+,8+,9+,10+,11-,12-,13+/m0/s1. The fourth-order valence-corrected chi connectivity index (χ4v) is 2.47. The van der Waals surface area contributed by atoms with Crippen LogP contribution in [-0.2, 0) is 4.74 Å². The minimum absolute atomic E-state index is 0.226. The van der Waals surface area contributed by atoms with Crippen molar-refractivity contribution < 1.29 is 40.5 Å². The third-order valence-electron chi connectivity index (χ3n) is 4.44. The Balaban J connectivity index is 2.87. The van der Waals surface area contributed by atoms with Gasteiger partial charge in [-0.1, -0.05) is 0 Å². The van der Waals surface area contributed by atoms with Gasteiger partial charge < -0.3 is 40.5 Å². The molecule has 0 unspecified atom stereocenters. The van der Waals surface area contributed by atoms with E-state index in [2.05, 4.69) is 0 Å². The topological polar surface area (TPSA) is 151 Å². The van der Waals surface area contributed by atoms with Crippen molar-refractivity contribution in [3.8, 4) is 0 Å². The fraction of sp³-hybridized carbons (Fsp3) is 1.00. The lowest BCUT2D eigenvalue weighted by molar-refractivity contribution is -0.228. The van der Waals surface area contributed by atoms with E-state index in [0.29, 0.717) is 0 Å². The number of aliphatic hydroxyl groups is 7. The maximum absolute atomic E-state index is 10.3. The first-order valence-corrected chi connectivity index (χ1v) is 6.93. The van der Waals surface area contributed by atoms with Gasteiger partial charge in [0.05, 0.1) is 24.4 Å². The van der Waals surface area contributed by atoms with E-state index in [9.17, 15) is 35.7 Å². The van der Waals surface area contributed by atoms with Crippen LogP contribution < -0.4 is 0 Å². The van der Waals surface area contributed by atoms with Crippen LogP contribution in [0, 0.1) is 0 Å². The molecule has 0 aromatic heterocycles. The van der Waals surface area contributed by atoms with Crippen molar-refractivity contribution >= 4 is 0 Å². The number of rotatable bonds is 6. The van der Waals surface area contributed by atoms with Crippen LogP contribution in [-0.4, -0.2) is 83.8 Å². The lowest BCUT2D eigenvalue weighted by Crippen LogP contribution is -2.56. The molecule has 8 heteroatoms. The lowest BCUT2D eigenvalue weighted by atomic mass is 9.81. The second kappa shape index (κ2) is 6.43. The maximum atomic E-state index is 10.3. The molecule has 0 amide bonds. The third-order valence-corrected chi connectivity index (χ3v) is 4.44.